The van der Waals surface area contributed by atoms with Crippen LogP contribution < -0.4 is 15.4 Å². The maximum Gasteiger partial charge on any atom is 0.255 e. The van der Waals surface area contributed by atoms with Crippen molar-refractivity contribution in [3.05, 3.63) is 29.8 Å². The minimum Gasteiger partial charge on any atom is -0.490 e. The number of benzene rings is 1. The summed E-state index contributed by atoms with van der Waals surface area (Å²) in [6.45, 7) is 6.48. The van der Waals surface area contributed by atoms with Crippen molar-refractivity contribution in [2.24, 2.45) is 0 Å². The first-order valence-corrected chi connectivity index (χ1v) is 6.25. The first-order valence-electron chi connectivity index (χ1n) is 6.25. The van der Waals surface area contributed by atoms with Gasteiger partial charge in [0.15, 0.2) is 0 Å². The molecule has 0 aliphatic rings. The topological polar surface area (TPSA) is 50.4 Å². The Labute approximate surface area is 121 Å². The minimum absolute atomic E-state index is 0. The zero-order valence-electron chi connectivity index (χ0n) is 11.9. The highest BCUT2D eigenvalue weighted by molar-refractivity contribution is 5.96. The van der Waals surface area contributed by atoms with E-state index in [2.05, 4.69) is 10.6 Å². The molecule has 4 nitrogen and oxygen atoms in total. The summed E-state index contributed by atoms with van der Waals surface area (Å²) in [7, 11) is 1.87. The van der Waals surface area contributed by atoms with Gasteiger partial charge in [0.05, 0.1) is 11.7 Å². The number of rotatable bonds is 6. The number of hydrogen-bond donors (Lipinski definition) is 2. The molecule has 1 rings (SSSR count). The third-order valence-electron chi connectivity index (χ3n) is 2.56. The van der Waals surface area contributed by atoms with E-state index >= 15 is 0 Å². The SMILES string of the molecule is CNC(C)CNC(=O)c1ccccc1OC(C)C.Cl. The standard InChI is InChI=1S/C14H22N2O2.ClH/c1-10(2)18-13-8-6-5-7-12(13)14(17)16-9-11(3)15-4;/h5-8,10-11,15H,9H2,1-4H3,(H,16,17);1H. The number of halogens is 1. The van der Waals surface area contributed by atoms with Gasteiger partial charge in [-0.05, 0) is 40.0 Å². The second-order valence-corrected chi connectivity index (χ2v) is 4.56. The fourth-order valence-corrected chi connectivity index (χ4v) is 1.45. The number of hydrogen-bond acceptors (Lipinski definition) is 3. The molecule has 0 radical (unpaired) electrons. The Morgan fingerprint density at radius 2 is 1.89 bits per heavy atom. The molecule has 2 N–H and O–H groups in total. The van der Waals surface area contributed by atoms with Gasteiger partial charge in [-0.2, -0.15) is 0 Å². The normalized spacial score (nSPS) is 11.6. The molecule has 0 aliphatic carbocycles. The Hall–Kier alpha value is -1.26. The summed E-state index contributed by atoms with van der Waals surface area (Å²) in [6.07, 6.45) is 0.0511. The van der Waals surface area contributed by atoms with E-state index in [1.54, 1.807) is 6.07 Å². The number of para-hydroxylation sites is 1. The molecule has 0 fully saturated rings. The average molecular weight is 287 g/mol. The lowest BCUT2D eigenvalue weighted by molar-refractivity contribution is 0.0944. The Morgan fingerprint density at radius 1 is 1.26 bits per heavy atom. The molecule has 0 saturated heterocycles. The molecule has 1 amide bonds. The zero-order chi connectivity index (χ0) is 13.5. The van der Waals surface area contributed by atoms with Crippen molar-refractivity contribution >= 4 is 18.3 Å². The molecule has 0 spiro atoms. The quantitative estimate of drug-likeness (QED) is 0.843. The number of carbonyl (C=O) groups excluding carboxylic acids is 1. The van der Waals surface area contributed by atoms with Crippen molar-refractivity contribution in [1.29, 1.82) is 0 Å². The highest BCUT2D eigenvalue weighted by Crippen LogP contribution is 2.19. The van der Waals surface area contributed by atoms with Crippen LogP contribution in [0.2, 0.25) is 0 Å². The summed E-state index contributed by atoms with van der Waals surface area (Å²) in [6, 6.07) is 7.54. The number of amides is 1. The van der Waals surface area contributed by atoms with Gasteiger partial charge in [-0.1, -0.05) is 12.1 Å². The van der Waals surface area contributed by atoms with Crippen molar-refractivity contribution in [1.82, 2.24) is 10.6 Å². The molecular weight excluding hydrogens is 264 g/mol. The second-order valence-electron chi connectivity index (χ2n) is 4.56. The summed E-state index contributed by atoms with van der Waals surface area (Å²) >= 11 is 0. The fourth-order valence-electron chi connectivity index (χ4n) is 1.45. The number of carbonyl (C=O) groups is 1. The molecule has 1 aromatic rings. The molecule has 5 heteroatoms. The van der Waals surface area contributed by atoms with E-state index in [-0.39, 0.29) is 30.5 Å². The van der Waals surface area contributed by atoms with Crippen LogP contribution in [0.25, 0.3) is 0 Å². The molecule has 1 aromatic carbocycles. The molecule has 0 bridgehead atoms. The van der Waals surface area contributed by atoms with Crippen molar-refractivity contribution in [2.45, 2.75) is 32.9 Å². The summed E-state index contributed by atoms with van der Waals surface area (Å²) in [4.78, 5) is 12.0. The van der Waals surface area contributed by atoms with Gasteiger partial charge in [0.25, 0.3) is 5.91 Å². The maximum atomic E-state index is 12.0. The highest BCUT2D eigenvalue weighted by Gasteiger charge is 2.13. The van der Waals surface area contributed by atoms with E-state index in [1.807, 2.05) is 46.0 Å². The first-order chi connectivity index (χ1) is 8.54. The van der Waals surface area contributed by atoms with E-state index in [4.69, 9.17) is 4.74 Å². The van der Waals surface area contributed by atoms with E-state index in [0.717, 1.165) is 0 Å². The molecule has 0 aliphatic heterocycles. The van der Waals surface area contributed by atoms with Crippen LogP contribution in [-0.4, -0.2) is 31.6 Å². The Morgan fingerprint density at radius 3 is 2.47 bits per heavy atom. The molecule has 19 heavy (non-hydrogen) atoms. The predicted molar refractivity (Wildman–Crippen MR) is 80.3 cm³/mol. The summed E-state index contributed by atoms with van der Waals surface area (Å²) in [5, 5.41) is 5.95. The van der Waals surface area contributed by atoms with Crippen molar-refractivity contribution in [3.63, 3.8) is 0 Å². The van der Waals surface area contributed by atoms with Crippen LogP contribution in [0.4, 0.5) is 0 Å². The molecule has 0 aromatic heterocycles. The number of nitrogens with one attached hydrogen (secondary N) is 2. The first kappa shape index (κ1) is 17.7. The van der Waals surface area contributed by atoms with Gasteiger partial charge < -0.3 is 15.4 Å². The molecule has 1 atom stereocenters. The monoisotopic (exact) mass is 286 g/mol. The molecule has 0 saturated carbocycles. The number of likely N-dealkylation sites (N-methyl/N-ethyl adjacent to an activating group) is 1. The van der Waals surface area contributed by atoms with Crippen molar-refractivity contribution in [3.8, 4) is 5.75 Å². The van der Waals surface area contributed by atoms with Crippen LogP contribution >= 0.6 is 12.4 Å². The lowest BCUT2D eigenvalue weighted by Crippen LogP contribution is -2.37. The van der Waals surface area contributed by atoms with Gasteiger partial charge in [0.1, 0.15) is 5.75 Å². The largest absolute Gasteiger partial charge is 0.490 e. The predicted octanol–water partition coefficient (Wildman–Crippen LogP) is 2.23. The number of ether oxygens (including phenoxy) is 1. The van der Waals surface area contributed by atoms with Crippen molar-refractivity contribution in [2.75, 3.05) is 13.6 Å². The zero-order valence-corrected chi connectivity index (χ0v) is 12.7. The van der Waals surface area contributed by atoms with E-state index in [0.29, 0.717) is 17.9 Å². The molecule has 0 heterocycles. The van der Waals surface area contributed by atoms with Crippen LogP contribution in [0.15, 0.2) is 24.3 Å². The second kappa shape index (κ2) is 8.77. The van der Waals surface area contributed by atoms with Crippen LogP contribution in [0.3, 0.4) is 0 Å². The minimum atomic E-state index is -0.103. The third kappa shape index (κ3) is 5.94. The lowest BCUT2D eigenvalue weighted by atomic mass is 10.2. The molecule has 1 unspecified atom stereocenters. The average Bonchev–Trinajstić information content (AvgIpc) is 2.35. The van der Waals surface area contributed by atoms with Crippen molar-refractivity contribution < 1.29 is 9.53 Å². The van der Waals surface area contributed by atoms with Gasteiger partial charge in [-0.25, -0.2) is 0 Å². The third-order valence-corrected chi connectivity index (χ3v) is 2.56. The molecule has 108 valence electrons. The van der Waals surface area contributed by atoms with Gasteiger partial charge in [-0.3, -0.25) is 4.79 Å². The Kier molecular flexibility index (Phi) is 8.19. The van der Waals surface area contributed by atoms with Crippen LogP contribution in [0.5, 0.6) is 5.75 Å². The summed E-state index contributed by atoms with van der Waals surface area (Å²) in [5.41, 5.74) is 0.578. The van der Waals surface area contributed by atoms with Crippen LogP contribution in [-0.2, 0) is 0 Å². The summed E-state index contributed by atoms with van der Waals surface area (Å²) < 4.78 is 5.62. The smallest absolute Gasteiger partial charge is 0.255 e. The summed E-state index contributed by atoms with van der Waals surface area (Å²) in [5.74, 6) is 0.524. The van der Waals surface area contributed by atoms with E-state index in [9.17, 15) is 4.79 Å². The van der Waals surface area contributed by atoms with Gasteiger partial charge >= 0.3 is 0 Å². The van der Waals surface area contributed by atoms with Gasteiger partial charge in [0, 0.05) is 12.6 Å². The maximum absolute atomic E-state index is 12.0. The van der Waals surface area contributed by atoms with Crippen LogP contribution in [0.1, 0.15) is 31.1 Å². The fraction of sp³-hybridized carbons (Fsp3) is 0.500. The lowest BCUT2D eigenvalue weighted by Gasteiger charge is -2.15. The van der Waals surface area contributed by atoms with E-state index in [1.165, 1.54) is 0 Å². The van der Waals surface area contributed by atoms with E-state index < -0.39 is 0 Å². The van der Waals surface area contributed by atoms with Gasteiger partial charge in [0.2, 0.25) is 0 Å². The molecular formula is C14H23ClN2O2. The highest BCUT2D eigenvalue weighted by atomic mass is 35.5. The van der Waals surface area contributed by atoms with Crippen LogP contribution in [0, 0.1) is 0 Å². The Bertz CT molecular complexity index is 397. The van der Waals surface area contributed by atoms with Gasteiger partial charge in [-0.15, -0.1) is 12.4 Å². The Balaban J connectivity index is 0.00000324.